The van der Waals surface area contributed by atoms with Crippen LogP contribution in [0.1, 0.15) is 110 Å². The van der Waals surface area contributed by atoms with Crippen LogP contribution in [0.2, 0.25) is 0 Å². The second kappa shape index (κ2) is 19.9. The summed E-state index contributed by atoms with van der Waals surface area (Å²) in [6.07, 6.45) is 22.0. The molecule has 0 aliphatic heterocycles. The van der Waals surface area contributed by atoms with E-state index in [1.165, 1.54) is 89.6 Å². The fourth-order valence-corrected chi connectivity index (χ4v) is 3.08. The highest BCUT2D eigenvalue weighted by atomic mass is 16.6. The van der Waals surface area contributed by atoms with Crippen LogP contribution in [0.3, 0.4) is 0 Å². The summed E-state index contributed by atoms with van der Waals surface area (Å²) in [6, 6.07) is 0. The summed E-state index contributed by atoms with van der Waals surface area (Å²) < 4.78 is 4.97. The first-order valence-corrected chi connectivity index (χ1v) is 10.6. The number of carbonyl (C=O) groups is 1. The van der Waals surface area contributed by atoms with Gasteiger partial charge in [-0.2, -0.15) is 4.99 Å². The van der Waals surface area contributed by atoms with Crippen molar-refractivity contribution < 1.29 is 14.3 Å². The Hall–Kier alpha value is -1.41. The standard InChI is InChI=1S/C22H39NO3/c1-3-5-6-7-8-9-10-11-12-13-14-15-16-17-18-19-21(23-20-24)26-22(25)4-2/h4,21H,2-3,5-19H2,1H3. The summed E-state index contributed by atoms with van der Waals surface area (Å²) in [4.78, 5) is 25.0. The van der Waals surface area contributed by atoms with Gasteiger partial charge < -0.3 is 4.74 Å². The maximum Gasteiger partial charge on any atom is 0.332 e. The third-order valence-corrected chi connectivity index (χ3v) is 4.67. The summed E-state index contributed by atoms with van der Waals surface area (Å²) in [7, 11) is 0. The van der Waals surface area contributed by atoms with E-state index in [4.69, 9.17) is 4.74 Å². The molecule has 0 radical (unpaired) electrons. The first-order valence-electron chi connectivity index (χ1n) is 10.6. The summed E-state index contributed by atoms with van der Waals surface area (Å²) in [6.45, 7) is 5.60. The molecule has 0 saturated carbocycles. The Balaban J connectivity index is 3.35. The minimum atomic E-state index is -0.708. The third kappa shape index (κ3) is 17.4. The van der Waals surface area contributed by atoms with Crippen molar-refractivity contribution in [1.82, 2.24) is 0 Å². The van der Waals surface area contributed by atoms with Crippen LogP contribution in [0.4, 0.5) is 0 Å². The highest BCUT2D eigenvalue weighted by Crippen LogP contribution is 2.14. The zero-order chi connectivity index (χ0) is 19.3. The number of hydrogen-bond donors (Lipinski definition) is 0. The van der Waals surface area contributed by atoms with Gasteiger partial charge in [0, 0.05) is 12.5 Å². The number of nitrogens with zero attached hydrogens (tertiary/aromatic N) is 1. The summed E-state index contributed by atoms with van der Waals surface area (Å²) >= 11 is 0. The zero-order valence-corrected chi connectivity index (χ0v) is 16.8. The normalized spacial score (nSPS) is 11.6. The van der Waals surface area contributed by atoms with Gasteiger partial charge in [0.25, 0.3) is 0 Å². The Labute approximate surface area is 160 Å². The molecule has 0 aliphatic rings. The van der Waals surface area contributed by atoms with Gasteiger partial charge in [0.2, 0.25) is 12.3 Å². The predicted molar refractivity (Wildman–Crippen MR) is 108 cm³/mol. The van der Waals surface area contributed by atoms with E-state index in [1.54, 1.807) is 0 Å². The second-order valence-electron chi connectivity index (χ2n) is 7.05. The molecule has 0 amide bonds. The Morgan fingerprint density at radius 2 is 1.31 bits per heavy atom. The van der Waals surface area contributed by atoms with E-state index >= 15 is 0 Å². The molecule has 0 N–H and O–H groups in total. The number of esters is 1. The molecule has 0 aromatic heterocycles. The fraction of sp³-hybridized carbons (Fsp3) is 0.818. The molecule has 0 aromatic carbocycles. The highest BCUT2D eigenvalue weighted by Gasteiger charge is 2.10. The number of aliphatic imine (C=N–C) groups is 1. The maximum absolute atomic E-state index is 11.1. The Bertz CT molecular complexity index is 389. The van der Waals surface area contributed by atoms with E-state index in [2.05, 4.69) is 18.5 Å². The molecular weight excluding hydrogens is 326 g/mol. The van der Waals surface area contributed by atoms with Crippen LogP contribution in [-0.2, 0) is 14.3 Å². The SMILES string of the molecule is C=CC(=O)OC(CCCCCCCCCCCCCCCCC)N=C=O. The molecule has 4 nitrogen and oxygen atoms in total. The smallest absolute Gasteiger partial charge is 0.332 e. The lowest BCUT2D eigenvalue weighted by Crippen LogP contribution is -2.14. The van der Waals surface area contributed by atoms with Crippen LogP contribution >= 0.6 is 0 Å². The number of carbonyl (C=O) groups excluding carboxylic acids is 2. The topological polar surface area (TPSA) is 55.7 Å². The maximum atomic E-state index is 11.1. The monoisotopic (exact) mass is 365 g/mol. The number of ether oxygens (including phenoxy) is 1. The number of rotatable bonds is 19. The van der Waals surface area contributed by atoms with E-state index < -0.39 is 12.2 Å². The van der Waals surface area contributed by atoms with Gasteiger partial charge in [-0.25, -0.2) is 9.59 Å². The van der Waals surface area contributed by atoms with Crippen molar-refractivity contribution in [3.8, 4) is 0 Å². The lowest BCUT2D eigenvalue weighted by molar-refractivity contribution is -0.142. The molecule has 0 bridgehead atoms. The van der Waals surface area contributed by atoms with Crippen molar-refractivity contribution in [2.45, 2.75) is 116 Å². The number of isocyanates is 1. The van der Waals surface area contributed by atoms with Gasteiger partial charge in [-0.15, -0.1) is 0 Å². The van der Waals surface area contributed by atoms with E-state index in [0.717, 1.165) is 18.9 Å². The largest absolute Gasteiger partial charge is 0.436 e. The first kappa shape index (κ1) is 24.6. The quantitative estimate of drug-likeness (QED) is 0.0847. The molecule has 0 heterocycles. The van der Waals surface area contributed by atoms with Crippen molar-refractivity contribution >= 4 is 12.0 Å². The predicted octanol–water partition coefficient (Wildman–Crippen LogP) is 6.64. The molecule has 0 aromatic rings. The van der Waals surface area contributed by atoms with Gasteiger partial charge >= 0.3 is 5.97 Å². The Morgan fingerprint density at radius 3 is 1.69 bits per heavy atom. The van der Waals surface area contributed by atoms with Crippen molar-refractivity contribution in [2.75, 3.05) is 0 Å². The average Bonchev–Trinajstić information content (AvgIpc) is 2.64. The molecule has 1 atom stereocenters. The summed E-state index contributed by atoms with van der Waals surface area (Å²) in [5, 5.41) is 0. The fourth-order valence-electron chi connectivity index (χ4n) is 3.08. The van der Waals surface area contributed by atoms with Crippen LogP contribution < -0.4 is 0 Å². The van der Waals surface area contributed by atoms with E-state index in [0.29, 0.717) is 6.42 Å². The molecule has 150 valence electrons. The minimum absolute atomic E-state index is 0.546. The molecular formula is C22H39NO3. The van der Waals surface area contributed by atoms with Gasteiger partial charge in [-0.1, -0.05) is 103 Å². The lowest BCUT2D eigenvalue weighted by atomic mass is 10.0. The Morgan fingerprint density at radius 1 is 0.885 bits per heavy atom. The van der Waals surface area contributed by atoms with Crippen LogP contribution in [-0.4, -0.2) is 18.3 Å². The molecule has 0 saturated heterocycles. The van der Waals surface area contributed by atoms with Crippen molar-refractivity contribution in [2.24, 2.45) is 4.99 Å². The Kier molecular flexibility index (Phi) is 18.8. The van der Waals surface area contributed by atoms with Gasteiger partial charge in [0.15, 0.2) is 0 Å². The van der Waals surface area contributed by atoms with Crippen LogP contribution in [0.15, 0.2) is 17.6 Å². The van der Waals surface area contributed by atoms with Crippen LogP contribution in [0, 0.1) is 0 Å². The summed E-state index contributed by atoms with van der Waals surface area (Å²) in [5.41, 5.74) is 0. The van der Waals surface area contributed by atoms with Gasteiger partial charge in [-0.3, -0.25) is 0 Å². The molecule has 26 heavy (non-hydrogen) atoms. The first-order chi connectivity index (χ1) is 12.7. The molecule has 0 rings (SSSR count). The van der Waals surface area contributed by atoms with Gasteiger partial charge in [-0.05, 0) is 6.42 Å². The summed E-state index contributed by atoms with van der Waals surface area (Å²) in [5.74, 6) is -0.546. The van der Waals surface area contributed by atoms with Crippen molar-refractivity contribution in [1.29, 1.82) is 0 Å². The molecule has 0 fully saturated rings. The lowest BCUT2D eigenvalue weighted by Gasteiger charge is -2.10. The minimum Gasteiger partial charge on any atom is -0.436 e. The third-order valence-electron chi connectivity index (χ3n) is 4.67. The second-order valence-corrected chi connectivity index (χ2v) is 7.05. The van der Waals surface area contributed by atoms with Crippen LogP contribution in [0.25, 0.3) is 0 Å². The average molecular weight is 366 g/mol. The van der Waals surface area contributed by atoms with E-state index in [9.17, 15) is 9.59 Å². The van der Waals surface area contributed by atoms with Crippen molar-refractivity contribution in [3.63, 3.8) is 0 Å². The van der Waals surface area contributed by atoms with Crippen molar-refractivity contribution in [3.05, 3.63) is 12.7 Å². The number of hydrogen-bond acceptors (Lipinski definition) is 4. The van der Waals surface area contributed by atoms with E-state index in [1.807, 2.05) is 0 Å². The van der Waals surface area contributed by atoms with Gasteiger partial charge in [0.05, 0.1) is 0 Å². The van der Waals surface area contributed by atoms with Gasteiger partial charge in [0.1, 0.15) is 0 Å². The molecule has 0 aliphatic carbocycles. The molecule has 1 unspecified atom stereocenters. The number of unbranched alkanes of at least 4 members (excludes halogenated alkanes) is 14. The van der Waals surface area contributed by atoms with Crippen LogP contribution in [0.5, 0.6) is 0 Å². The highest BCUT2D eigenvalue weighted by molar-refractivity contribution is 5.81. The zero-order valence-electron chi connectivity index (χ0n) is 16.8. The molecule has 4 heteroatoms. The van der Waals surface area contributed by atoms with E-state index in [-0.39, 0.29) is 0 Å². The molecule has 0 spiro atoms.